The van der Waals surface area contributed by atoms with Crippen LogP contribution < -0.4 is 10.6 Å². The predicted molar refractivity (Wildman–Crippen MR) is 115 cm³/mol. The number of anilines is 2. The maximum Gasteiger partial charge on any atom is 0.255 e. The number of sulfone groups is 1. The monoisotopic (exact) mass is 415 g/mol. The smallest absolute Gasteiger partial charge is 0.255 e. The number of fused-ring (bicyclic) bond motifs is 1. The first-order chi connectivity index (χ1) is 13.3. The molecule has 6 nitrogen and oxygen atoms in total. The quantitative estimate of drug-likeness (QED) is 0.804. The second-order valence-corrected chi connectivity index (χ2v) is 10.6. The van der Waals surface area contributed by atoms with Crippen LogP contribution in [0.3, 0.4) is 0 Å². The van der Waals surface area contributed by atoms with Gasteiger partial charge < -0.3 is 10.6 Å². The van der Waals surface area contributed by atoms with Gasteiger partial charge in [-0.05, 0) is 61.4 Å². The number of amides is 1. The molecule has 28 heavy (non-hydrogen) atoms. The molecule has 4 rings (SSSR count). The molecular weight excluding hydrogens is 394 g/mol. The van der Waals surface area contributed by atoms with Gasteiger partial charge in [0.1, 0.15) is 0 Å². The van der Waals surface area contributed by atoms with E-state index in [1.54, 1.807) is 12.1 Å². The van der Waals surface area contributed by atoms with Crippen LogP contribution in [0.4, 0.5) is 11.4 Å². The fraction of sp³-hybridized carbons (Fsp3) is 0.300. The highest BCUT2D eigenvalue weighted by molar-refractivity contribution is 8.15. The van der Waals surface area contributed by atoms with Gasteiger partial charge in [-0.15, -0.1) is 0 Å². The zero-order chi connectivity index (χ0) is 19.9. The number of carbonyl (C=O) groups is 1. The van der Waals surface area contributed by atoms with Crippen molar-refractivity contribution in [1.29, 1.82) is 0 Å². The van der Waals surface area contributed by atoms with Crippen LogP contribution in [0.1, 0.15) is 21.5 Å². The lowest BCUT2D eigenvalue weighted by Gasteiger charge is -2.09. The lowest BCUT2D eigenvalue weighted by atomic mass is 10.1. The van der Waals surface area contributed by atoms with Crippen molar-refractivity contribution in [2.45, 2.75) is 25.1 Å². The van der Waals surface area contributed by atoms with Gasteiger partial charge in [0.25, 0.3) is 5.91 Å². The first-order valence-corrected chi connectivity index (χ1v) is 11.7. The number of carbonyl (C=O) groups excluding carboxylic acids is 1. The Morgan fingerprint density at radius 1 is 1.04 bits per heavy atom. The van der Waals surface area contributed by atoms with E-state index in [4.69, 9.17) is 0 Å². The average molecular weight is 416 g/mol. The van der Waals surface area contributed by atoms with Crippen LogP contribution in [0.25, 0.3) is 0 Å². The molecule has 1 amide bonds. The molecule has 2 heterocycles. The minimum absolute atomic E-state index is 0.00974. The van der Waals surface area contributed by atoms with E-state index in [1.807, 2.05) is 44.2 Å². The second-order valence-electron chi connectivity index (χ2n) is 7.19. The first kappa shape index (κ1) is 19.0. The summed E-state index contributed by atoms with van der Waals surface area (Å²) in [6.45, 7) is 4.05. The van der Waals surface area contributed by atoms with Crippen molar-refractivity contribution in [1.82, 2.24) is 0 Å². The molecule has 0 unspecified atom stereocenters. The summed E-state index contributed by atoms with van der Waals surface area (Å²) in [6, 6.07) is 12.8. The van der Waals surface area contributed by atoms with E-state index in [9.17, 15) is 13.2 Å². The van der Waals surface area contributed by atoms with Crippen molar-refractivity contribution in [3.05, 3.63) is 59.2 Å². The molecule has 146 valence electrons. The minimum atomic E-state index is -2.95. The van der Waals surface area contributed by atoms with Gasteiger partial charge in [-0.2, -0.15) is 0 Å². The van der Waals surface area contributed by atoms with Crippen LogP contribution in [0.2, 0.25) is 0 Å². The van der Waals surface area contributed by atoms with Crippen molar-refractivity contribution in [3.63, 3.8) is 0 Å². The standard InChI is InChI=1S/C20H21N3O3S2/c1-12-3-6-16(9-13(12)2)21-19(24)14-4-7-15(8-5-14)22-20-23-17-10-28(25,26)11-18(17)27-20/h3-9,17-18H,10-11H2,1-2H3,(H,21,24)(H,22,23)/t17-,18-/m1/s1. The third-order valence-electron chi connectivity index (χ3n) is 4.98. The number of nitrogens with one attached hydrogen (secondary N) is 2. The summed E-state index contributed by atoms with van der Waals surface area (Å²) in [5.41, 5.74) is 4.46. The SMILES string of the molecule is Cc1ccc(NC(=O)c2ccc(NC3=N[C@@H]4CS(=O)(=O)C[C@H]4S3)cc2)cc1C. The number of amidine groups is 1. The van der Waals surface area contributed by atoms with Crippen LogP contribution >= 0.6 is 11.8 Å². The van der Waals surface area contributed by atoms with Gasteiger partial charge in [0.15, 0.2) is 15.0 Å². The molecule has 2 aromatic carbocycles. The molecule has 0 aromatic heterocycles. The fourth-order valence-electron chi connectivity index (χ4n) is 3.27. The molecule has 0 bridgehead atoms. The van der Waals surface area contributed by atoms with Crippen LogP contribution in [-0.4, -0.2) is 42.3 Å². The van der Waals surface area contributed by atoms with Gasteiger partial charge in [0.2, 0.25) is 0 Å². The highest BCUT2D eigenvalue weighted by Gasteiger charge is 2.42. The topological polar surface area (TPSA) is 87.6 Å². The molecular formula is C20H21N3O3S2. The van der Waals surface area contributed by atoms with Gasteiger partial charge in [-0.25, -0.2) is 8.42 Å². The van der Waals surface area contributed by atoms with E-state index in [1.165, 1.54) is 17.3 Å². The molecule has 8 heteroatoms. The number of benzene rings is 2. The molecule has 2 N–H and O–H groups in total. The largest absolute Gasteiger partial charge is 0.335 e. The first-order valence-electron chi connectivity index (χ1n) is 9.00. The van der Waals surface area contributed by atoms with Crippen LogP contribution in [0.5, 0.6) is 0 Å². The fourth-order valence-corrected chi connectivity index (χ4v) is 6.94. The normalized spacial score (nSPS) is 22.4. The molecule has 2 atom stereocenters. The van der Waals surface area contributed by atoms with E-state index >= 15 is 0 Å². The van der Waals surface area contributed by atoms with E-state index in [-0.39, 0.29) is 28.7 Å². The van der Waals surface area contributed by atoms with Crippen molar-refractivity contribution >= 4 is 44.0 Å². The van der Waals surface area contributed by atoms with Crippen molar-refractivity contribution in [2.75, 3.05) is 22.1 Å². The Hall–Kier alpha value is -2.32. The Bertz CT molecular complexity index is 1060. The van der Waals surface area contributed by atoms with Gasteiger partial charge in [-0.3, -0.25) is 9.79 Å². The Morgan fingerprint density at radius 3 is 2.43 bits per heavy atom. The van der Waals surface area contributed by atoms with E-state index in [0.29, 0.717) is 5.56 Å². The summed E-state index contributed by atoms with van der Waals surface area (Å²) in [7, 11) is -2.95. The summed E-state index contributed by atoms with van der Waals surface area (Å²) in [4.78, 5) is 16.9. The number of aliphatic imine (C=N–C) groups is 1. The van der Waals surface area contributed by atoms with Crippen LogP contribution in [-0.2, 0) is 9.84 Å². The third kappa shape index (κ3) is 4.07. The van der Waals surface area contributed by atoms with E-state index in [2.05, 4.69) is 15.6 Å². The zero-order valence-electron chi connectivity index (χ0n) is 15.6. The number of thioether (sulfide) groups is 1. The van der Waals surface area contributed by atoms with E-state index in [0.717, 1.165) is 22.1 Å². The number of aryl methyl sites for hydroxylation is 2. The number of hydrogen-bond donors (Lipinski definition) is 2. The second kappa shape index (κ2) is 7.25. The molecule has 0 saturated carbocycles. The van der Waals surface area contributed by atoms with Gasteiger partial charge in [0.05, 0.1) is 17.5 Å². The maximum atomic E-state index is 12.4. The number of hydrogen-bond acceptors (Lipinski definition) is 6. The summed E-state index contributed by atoms with van der Waals surface area (Å²) in [6.07, 6.45) is 0. The summed E-state index contributed by atoms with van der Waals surface area (Å²) in [5, 5.41) is 6.87. The molecule has 0 radical (unpaired) electrons. The summed E-state index contributed by atoms with van der Waals surface area (Å²) < 4.78 is 23.3. The lowest BCUT2D eigenvalue weighted by molar-refractivity contribution is 0.102. The molecule has 2 aliphatic heterocycles. The molecule has 2 aliphatic rings. The minimum Gasteiger partial charge on any atom is -0.335 e. The lowest BCUT2D eigenvalue weighted by Crippen LogP contribution is -2.13. The van der Waals surface area contributed by atoms with Crippen molar-refractivity contribution < 1.29 is 13.2 Å². The number of rotatable bonds is 3. The molecule has 1 fully saturated rings. The van der Waals surface area contributed by atoms with Crippen LogP contribution in [0.15, 0.2) is 47.5 Å². The van der Waals surface area contributed by atoms with Crippen LogP contribution in [0, 0.1) is 13.8 Å². The molecule has 1 saturated heterocycles. The Morgan fingerprint density at radius 2 is 1.75 bits per heavy atom. The summed E-state index contributed by atoms with van der Waals surface area (Å²) in [5.74, 6) is 0.157. The highest BCUT2D eigenvalue weighted by Crippen LogP contribution is 2.34. The van der Waals surface area contributed by atoms with Gasteiger partial charge in [-0.1, -0.05) is 17.8 Å². The molecule has 2 aromatic rings. The third-order valence-corrected chi connectivity index (χ3v) is 8.12. The van der Waals surface area contributed by atoms with Crippen molar-refractivity contribution in [2.24, 2.45) is 4.99 Å². The predicted octanol–water partition coefficient (Wildman–Crippen LogP) is 3.24. The van der Waals surface area contributed by atoms with Gasteiger partial charge >= 0.3 is 0 Å². The van der Waals surface area contributed by atoms with Crippen molar-refractivity contribution in [3.8, 4) is 0 Å². The highest BCUT2D eigenvalue weighted by atomic mass is 32.2. The zero-order valence-corrected chi connectivity index (χ0v) is 17.2. The average Bonchev–Trinajstić information content (AvgIpc) is 3.11. The molecule has 0 spiro atoms. The van der Waals surface area contributed by atoms with E-state index < -0.39 is 9.84 Å². The van der Waals surface area contributed by atoms with Gasteiger partial charge in [0, 0.05) is 22.2 Å². The molecule has 0 aliphatic carbocycles. The number of nitrogens with zero attached hydrogens (tertiary/aromatic N) is 1. The Kier molecular flexibility index (Phi) is 4.93. The Labute approximate surface area is 168 Å². The Balaban J connectivity index is 1.39. The maximum absolute atomic E-state index is 12.4. The summed E-state index contributed by atoms with van der Waals surface area (Å²) >= 11 is 1.47.